The fourth-order valence-corrected chi connectivity index (χ4v) is 2.95. The van der Waals surface area contributed by atoms with Crippen molar-refractivity contribution in [1.29, 1.82) is 0 Å². The number of sulfonamides is 1. The minimum Gasteiger partial charge on any atom is -0.326 e. The van der Waals surface area contributed by atoms with Crippen LogP contribution in [0.2, 0.25) is 0 Å². The number of hydrogen-bond donors (Lipinski definition) is 2. The molecule has 0 radical (unpaired) electrons. The maximum atomic E-state index is 11.7. The standard InChI is InChI=1S/C9H14N2O3S/c1-2-9(5-7(9)10)8(12)11-15(13,14)6-3-4-6/h2,6-7H,1,3-5,10H2,(H,11,12)/t7-,9+/m1/s1. The smallest absolute Gasteiger partial charge is 0.245 e. The molecule has 0 bridgehead atoms. The van der Waals surface area contributed by atoms with Gasteiger partial charge < -0.3 is 5.73 Å². The van der Waals surface area contributed by atoms with Gasteiger partial charge in [0.05, 0.1) is 10.7 Å². The lowest BCUT2D eigenvalue weighted by Crippen LogP contribution is -2.40. The summed E-state index contributed by atoms with van der Waals surface area (Å²) in [5.74, 6) is -0.531. The molecule has 2 aliphatic rings. The minimum atomic E-state index is -3.47. The highest BCUT2D eigenvalue weighted by Gasteiger charge is 2.57. The number of amides is 1. The molecule has 0 aromatic rings. The third kappa shape index (κ3) is 1.68. The number of nitrogens with two attached hydrogens (primary N) is 1. The number of carbonyl (C=O) groups excluding carboxylic acids is 1. The third-order valence-electron chi connectivity index (χ3n) is 3.04. The van der Waals surface area contributed by atoms with Crippen molar-refractivity contribution >= 4 is 15.9 Å². The van der Waals surface area contributed by atoms with Crippen LogP contribution in [0.25, 0.3) is 0 Å². The van der Waals surface area contributed by atoms with Gasteiger partial charge in [0.2, 0.25) is 15.9 Å². The largest absolute Gasteiger partial charge is 0.326 e. The molecular weight excluding hydrogens is 216 g/mol. The predicted octanol–water partition coefficient (Wildman–Crippen LogP) is -0.502. The van der Waals surface area contributed by atoms with Gasteiger partial charge in [-0.05, 0) is 19.3 Å². The lowest BCUT2D eigenvalue weighted by Gasteiger charge is -2.11. The first-order valence-corrected chi connectivity index (χ1v) is 6.42. The molecule has 0 aromatic carbocycles. The van der Waals surface area contributed by atoms with Crippen LogP contribution in [0.5, 0.6) is 0 Å². The Balaban J connectivity index is 2.07. The van der Waals surface area contributed by atoms with Crippen molar-refractivity contribution in [3.63, 3.8) is 0 Å². The summed E-state index contributed by atoms with van der Waals surface area (Å²) in [6.45, 7) is 3.52. The van der Waals surface area contributed by atoms with Crippen LogP contribution >= 0.6 is 0 Å². The molecule has 2 fully saturated rings. The number of rotatable bonds is 4. The summed E-state index contributed by atoms with van der Waals surface area (Å²) in [6.07, 6.45) is 3.18. The van der Waals surface area contributed by atoms with E-state index in [9.17, 15) is 13.2 Å². The average molecular weight is 230 g/mol. The number of hydrogen-bond acceptors (Lipinski definition) is 4. The van der Waals surface area contributed by atoms with E-state index in [1.807, 2.05) is 0 Å². The van der Waals surface area contributed by atoms with Crippen LogP contribution in [0.15, 0.2) is 12.7 Å². The van der Waals surface area contributed by atoms with Gasteiger partial charge in [-0.2, -0.15) is 0 Å². The molecule has 2 rings (SSSR count). The lowest BCUT2D eigenvalue weighted by molar-refractivity contribution is -0.123. The molecule has 0 spiro atoms. The molecule has 84 valence electrons. The molecular formula is C9H14N2O3S. The van der Waals surface area contributed by atoms with Crippen LogP contribution in [-0.4, -0.2) is 25.6 Å². The average Bonchev–Trinajstić information content (AvgIpc) is 2.97. The highest BCUT2D eigenvalue weighted by atomic mass is 32.2. The summed E-state index contributed by atoms with van der Waals surface area (Å²) < 4.78 is 25.1. The van der Waals surface area contributed by atoms with Crippen LogP contribution in [0.4, 0.5) is 0 Å². The molecule has 2 aliphatic carbocycles. The van der Waals surface area contributed by atoms with Crippen LogP contribution in [-0.2, 0) is 14.8 Å². The van der Waals surface area contributed by atoms with Crippen molar-refractivity contribution in [2.75, 3.05) is 0 Å². The third-order valence-corrected chi connectivity index (χ3v) is 4.86. The lowest BCUT2D eigenvalue weighted by atomic mass is 10.1. The van der Waals surface area contributed by atoms with E-state index in [2.05, 4.69) is 11.3 Å². The maximum absolute atomic E-state index is 11.7. The highest BCUT2D eigenvalue weighted by molar-refractivity contribution is 7.90. The molecule has 2 atom stereocenters. The Labute approximate surface area is 88.8 Å². The molecule has 0 heterocycles. The summed E-state index contributed by atoms with van der Waals surface area (Å²) in [6, 6.07) is -0.301. The molecule has 0 aromatic heterocycles. The van der Waals surface area contributed by atoms with E-state index in [0.717, 1.165) is 0 Å². The van der Waals surface area contributed by atoms with E-state index in [-0.39, 0.29) is 6.04 Å². The first kappa shape index (κ1) is 10.6. The molecule has 0 unspecified atom stereocenters. The molecule has 3 N–H and O–H groups in total. The second kappa shape index (κ2) is 3.05. The van der Waals surface area contributed by atoms with Crippen molar-refractivity contribution in [1.82, 2.24) is 4.72 Å². The van der Waals surface area contributed by atoms with Gasteiger partial charge in [-0.3, -0.25) is 9.52 Å². The summed E-state index contributed by atoms with van der Waals surface area (Å²) >= 11 is 0. The molecule has 6 heteroatoms. The van der Waals surface area contributed by atoms with E-state index >= 15 is 0 Å². The number of carbonyl (C=O) groups is 1. The van der Waals surface area contributed by atoms with Crippen LogP contribution in [0, 0.1) is 5.41 Å². The second-order valence-corrected chi connectivity index (χ2v) is 6.19. The minimum absolute atomic E-state index is 0.301. The van der Waals surface area contributed by atoms with Crippen LogP contribution < -0.4 is 10.5 Å². The van der Waals surface area contributed by atoms with Crippen molar-refractivity contribution in [3.05, 3.63) is 12.7 Å². The Hall–Kier alpha value is -0.880. The van der Waals surface area contributed by atoms with Crippen LogP contribution in [0.3, 0.4) is 0 Å². The Kier molecular flexibility index (Phi) is 2.16. The Morgan fingerprint density at radius 1 is 1.53 bits per heavy atom. The van der Waals surface area contributed by atoms with Gasteiger partial charge in [-0.15, -0.1) is 6.58 Å². The summed E-state index contributed by atoms with van der Waals surface area (Å²) in [5, 5.41) is -0.390. The maximum Gasteiger partial charge on any atom is 0.245 e. The second-order valence-electron chi connectivity index (χ2n) is 4.23. The number of nitrogens with one attached hydrogen (secondary N) is 1. The molecule has 1 amide bonds. The molecule has 5 nitrogen and oxygen atoms in total. The topological polar surface area (TPSA) is 89.3 Å². The highest BCUT2D eigenvalue weighted by Crippen LogP contribution is 2.46. The van der Waals surface area contributed by atoms with Gasteiger partial charge in [0.25, 0.3) is 0 Å². The monoisotopic (exact) mass is 230 g/mol. The van der Waals surface area contributed by atoms with E-state index in [1.165, 1.54) is 6.08 Å². The summed E-state index contributed by atoms with van der Waals surface area (Å²) in [4.78, 5) is 11.7. The Morgan fingerprint density at radius 2 is 2.07 bits per heavy atom. The van der Waals surface area contributed by atoms with E-state index in [1.54, 1.807) is 0 Å². The van der Waals surface area contributed by atoms with E-state index < -0.39 is 26.6 Å². The van der Waals surface area contributed by atoms with E-state index in [0.29, 0.717) is 19.3 Å². The van der Waals surface area contributed by atoms with E-state index in [4.69, 9.17) is 5.73 Å². The normalized spacial score (nSPS) is 34.6. The summed E-state index contributed by atoms with van der Waals surface area (Å²) in [5.41, 5.74) is 4.74. The first-order chi connectivity index (χ1) is 6.92. The molecule has 0 saturated heterocycles. The summed E-state index contributed by atoms with van der Waals surface area (Å²) in [7, 11) is -3.47. The van der Waals surface area contributed by atoms with Gasteiger partial charge in [-0.25, -0.2) is 8.42 Å². The van der Waals surface area contributed by atoms with Crippen molar-refractivity contribution in [2.45, 2.75) is 30.6 Å². The zero-order valence-corrected chi connectivity index (χ0v) is 9.09. The van der Waals surface area contributed by atoms with Gasteiger partial charge in [0.1, 0.15) is 0 Å². The predicted molar refractivity (Wildman–Crippen MR) is 55.3 cm³/mol. The Bertz CT molecular complexity index is 413. The van der Waals surface area contributed by atoms with Crippen molar-refractivity contribution in [3.8, 4) is 0 Å². The van der Waals surface area contributed by atoms with Crippen molar-refractivity contribution in [2.24, 2.45) is 11.1 Å². The zero-order valence-electron chi connectivity index (χ0n) is 8.27. The Morgan fingerprint density at radius 3 is 2.40 bits per heavy atom. The van der Waals surface area contributed by atoms with Crippen molar-refractivity contribution < 1.29 is 13.2 Å². The SMILES string of the molecule is C=C[C@]1(C(=O)NS(=O)(=O)C2CC2)C[C@H]1N. The fourth-order valence-electron chi connectivity index (χ4n) is 1.58. The van der Waals surface area contributed by atoms with Crippen LogP contribution in [0.1, 0.15) is 19.3 Å². The quantitative estimate of drug-likeness (QED) is 0.637. The fraction of sp³-hybridized carbons (Fsp3) is 0.667. The first-order valence-electron chi connectivity index (χ1n) is 4.87. The van der Waals surface area contributed by atoms with Gasteiger partial charge in [0, 0.05) is 6.04 Å². The molecule has 0 aliphatic heterocycles. The molecule has 15 heavy (non-hydrogen) atoms. The van der Waals surface area contributed by atoms with Gasteiger partial charge in [0.15, 0.2) is 0 Å². The zero-order chi connectivity index (χ0) is 11.3. The van der Waals surface area contributed by atoms with Gasteiger partial charge >= 0.3 is 0 Å². The van der Waals surface area contributed by atoms with Gasteiger partial charge in [-0.1, -0.05) is 6.08 Å². The molecule has 2 saturated carbocycles.